The van der Waals surface area contributed by atoms with Gasteiger partial charge >= 0.3 is 0 Å². The molecule has 0 atom stereocenters. The first-order valence-corrected chi connectivity index (χ1v) is 6.88. The molecule has 18 heavy (non-hydrogen) atoms. The zero-order valence-corrected chi connectivity index (χ0v) is 10.9. The lowest BCUT2D eigenvalue weighted by atomic mass is 10.1. The molecule has 1 saturated heterocycles. The number of H-pyrrole nitrogens is 1. The SMILES string of the molecule is CCCN(Cc1c[nH]c2ccccc12)C1CNC1. The lowest BCUT2D eigenvalue weighted by Crippen LogP contribution is -2.56. The average molecular weight is 243 g/mol. The van der Waals surface area contributed by atoms with Crippen molar-refractivity contribution < 1.29 is 0 Å². The summed E-state index contributed by atoms with van der Waals surface area (Å²) in [6, 6.07) is 9.29. The van der Waals surface area contributed by atoms with Crippen molar-refractivity contribution in [2.75, 3.05) is 19.6 Å². The smallest absolute Gasteiger partial charge is 0.0457 e. The summed E-state index contributed by atoms with van der Waals surface area (Å²) in [4.78, 5) is 5.97. The van der Waals surface area contributed by atoms with Gasteiger partial charge in [0.15, 0.2) is 0 Å². The fourth-order valence-corrected chi connectivity index (χ4v) is 2.69. The molecular weight excluding hydrogens is 222 g/mol. The fraction of sp³-hybridized carbons (Fsp3) is 0.467. The molecule has 3 rings (SSSR count). The molecule has 0 bridgehead atoms. The standard InChI is InChI=1S/C15H21N3/c1-2-7-18(13-9-16-10-13)11-12-8-17-15-6-4-3-5-14(12)15/h3-6,8,13,16-17H,2,7,9-11H2,1H3. The Morgan fingerprint density at radius 2 is 2.11 bits per heavy atom. The van der Waals surface area contributed by atoms with Crippen LogP contribution < -0.4 is 5.32 Å². The molecule has 0 unspecified atom stereocenters. The van der Waals surface area contributed by atoms with Crippen LogP contribution in [0.2, 0.25) is 0 Å². The van der Waals surface area contributed by atoms with E-state index in [1.54, 1.807) is 0 Å². The van der Waals surface area contributed by atoms with Crippen molar-refractivity contribution in [1.29, 1.82) is 0 Å². The predicted octanol–water partition coefficient (Wildman–Crippen LogP) is 2.35. The van der Waals surface area contributed by atoms with Crippen LogP contribution in [0.4, 0.5) is 0 Å². The molecule has 2 aromatic rings. The molecule has 1 aromatic heterocycles. The zero-order valence-electron chi connectivity index (χ0n) is 10.9. The van der Waals surface area contributed by atoms with Crippen molar-refractivity contribution >= 4 is 10.9 Å². The van der Waals surface area contributed by atoms with Crippen molar-refractivity contribution in [1.82, 2.24) is 15.2 Å². The second-order valence-corrected chi connectivity index (χ2v) is 5.14. The third-order valence-corrected chi connectivity index (χ3v) is 3.84. The van der Waals surface area contributed by atoms with Crippen molar-refractivity contribution in [2.24, 2.45) is 0 Å². The van der Waals surface area contributed by atoms with Gasteiger partial charge in [0.1, 0.15) is 0 Å². The number of fused-ring (bicyclic) bond motifs is 1. The maximum Gasteiger partial charge on any atom is 0.0457 e. The number of benzene rings is 1. The number of nitrogens with one attached hydrogen (secondary N) is 2. The second-order valence-electron chi connectivity index (χ2n) is 5.14. The van der Waals surface area contributed by atoms with Crippen LogP contribution in [0.1, 0.15) is 18.9 Å². The van der Waals surface area contributed by atoms with Crippen LogP contribution in [0, 0.1) is 0 Å². The molecule has 0 aliphatic carbocycles. The van der Waals surface area contributed by atoms with Gasteiger partial charge in [0.05, 0.1) is 0 Å². The zero-order chi connectivity index (χ0) is 12.4. The molecule has 0 amide bonds. The molecular formula is C15H21N3. The lowest BCUT2D eigenvalue weighted by molar-refractivity contribution is 0.138. The highest BCUT2D eigenvalue weighted by Crippen LogP contribution is 2.21. The van der Waals surface area contributed by atoms with Crippen LogP contribution in [0.3, 0.4) is 0 Å². The Kier molecular flexibility index (Phi) is 3.35. The highest BCUT2D eigenvalue weighted by atomic mass is 15.2. The van der Waals surface area contributed by atoms with E-state index in [4.69, 9.17) is 0 Å². The van der Waals surface area contributed by atoms with E-state index >= 15 is 0 Å². The van der Waals surface area contributed by atoms with E-state index in [9.17, 15) is 0 Å². The highest BCUT2D eigenvalue weighted by molar-refractivity contribution is 5.82. The quantitative estimate of drug-likeness (QED) is 0.844. The Labute approximate surface area is 108 Å². The molecule has 1 aliphatic rings. The topological polar surface area (TPSA) is 31.1 Å². The molecule has 1 fully saturated rings. The van der Waals surface area contributed by atoms with Gasteiger partial charge in [0, 0.05) is 42.8 Å². The van der Waals surface area contributed by atoms with Gasteiger partial charge in [-0.05, 0) is 24.6 Å². The summed E-state index contributed by atoms with van der Waals surface area (Å²) < 4.78 is 0. The predicted molar refractivity (Wildman–Crippen MR) is 75.7 cm³/mol. The van der Waals surface area contributed by atoms with E-state index < -0.39 is 0 Å². The average Bonchev–Trinajstić information content (AvgIpc) is 2.71. The third-order valence-electron chi connectivity index (χ3n) is 3.84. The first-order valence-electron chi connectivity index (χ1n) is 6.88. The fourth-order valence-electron chi connectivity index (χ4n) is 2.69. The van der Waals surface area contributed by atoms with Crippen LogP contribution >= 0.6 is 0 Å². The van der Waals surface area contributed by atoms with Crippen molar-refractivity contribution in [3.63, 3.8) is 0 Å². The molecule has 2 heterocycles. The Hall–Kier alpha value is -1.32. The second kappa shape index (κ2) is 5.12. The first kappa shape index (κ1) is 11.8. The van der Waals surface area contributed by atoms with Crippen LogP contribution in [0.25, 0.3) is 10.9 Å². The minimum Gasteiger partial charge on any atom is -0.361 e. The number of hydrogen-bond acceptors (Lipinski definition) is 2. The summed E-state index contributed by atoms with van der Waals surface area (Å²) in [7, 11) is 0. The van der Waals surface area contributed by atoms with Crippen LogP contribution in [-0.2, 0) is 6.54 Å². The third kappa shape index (κ3) is 2.16. The van der Waals surface area contributed by atoms with Gasteiger partial charge < -0.3 is 10.3 Å². The van der Waals surface area contributed by atoms with E-state index in [1.807, 2.05) is 0 Å². The van der Waals surface area contributed by atoms with E-state index in [0.29, 0.717) is 0 Å². The summed E-state index contributed by atoms with van der Waals surface area (Å²) in [6.07, 6.45) is 3.39. The number of aromatic nitrogens is 1. The molecule has 3 nitrogen and oxygen atoms in total. The van der Waals surface area contributed by atoms with Crippen LogP contribution in [-0.4, -0.2) is 35.6 Å². The number of aromatic amines is 1. The molecule has 0 radical (unpaired) electrons. The summed E-state index contributed by atoms with van der Waals surface area (Å²) in [6.45, 7) is 6.79. The minimum absolute atomic E-state index is 0.721. The lowest BCUT2D eigenvalue weighted by Gasteiger charge is -2.38. The maximum atomic E-state index is 3.37. The minimum atomic E-state index is 0.721. The Bertz CT molecular complexity index is 513. The Balaban J connectivity index is 1.80. The van der Waals surface area contributed by atoms with Gasteiger partial charge in [0.2, 0.25) is 0 Å². The van der Waals surface area contributed by atoms with Crippen LogP contribution in [0.5, 0.6) is 0 Å². The normalized spacial score (nSPS) is 16.3. The molecule has 1 aliphatic heterocycles. The van der Waals surface area contributed by atoms with Gasteiger partial charge in [0.25, 0.3) is 0 Å². The number of nitrogens with zero attached hydrogens (tertiary/aromatic N) is 1. The molecule has 96 valence electrons. The van der Waals surface area contributed by atoms with Crippen molar-refractivity contribution in [2.45, 2.75) is 25.9 Å². The summed E-state index contributed by atoms with van der Waals surface area (Å²) in [5.41, 5.74) is 2.67. The number of rotatable bonds is 5. The van der Waals surface area contributed by atoms with E-state index in [2.05, 4.69) is 52.6 Å². The Morgan fingerprint density at radius 1 is 1.28 bits per heavy atom. The largest absolute Gasteiger partial charge is 0.361 e. The van der Waals surface area contributed by atoms with Crippen LogP contribution in [0.15, 0.2) is 30.5 Å². The summed E-state index contributed by atoms with van der Waals surface area (Å²) >= 11 is 0. The van der Waals surface area contributed by atoms with Gasteiger partial charge in [-0.15, -0.1) is 0 Å². The maximum absolute atomic E-state index is 3.37. The summed E-state index contributed by atoms with van der Waals surface area (Å²) in [5, 5.41) is 4.73. The number of para-hydroxylation sites is 1. The van der Waals surface area contributed by atoms with E-state index in [-0.39, 0.29) is 0 Å². The van der Waals surface area contributed by atoms with Crippen molar-refractivity contribution in [3.8, 4) is 0 Å². The first-order chi connectivity index (χ1) is 8.88. The van der Waals surface area contributed by atoms with Crippen molar-refractivity contribution in [3.05, 3.63) is 36.0 Å². The Morgan fingerprint density at radius 3 is 2.83 bits per heavy atom. The van der Waals surface area contributed by atoms with Gasteiger partial charge in [-0.1, -0.05) is 25.1 Å². The van der Waals surface area contributed by atoms with Gasteiger partial charge in [-0.3, -0.25) is 4.90 Å². The monoisotopic (exact) mass is 243 g/mol. The molecule has 0 spiro atoms. The van der Waals surface area contributed by atoms with E-state index in [0.717, 1.165) is 25.7 Å². The van der Waals surface area contributed by atoms with Gasteiger partial charge in [-0.2, -0.15) is 0 Å². The highest BCUT2D eigenvalue weighted by Gasteiger charge is 2.24. The summed E-state index contributed by atoms with van der Waals surface area (Å²) in [5.74, 6) is 0. The molecule has 3 heteroatoms. The molecule has 0 saturated carbocycles. The molecule has 1 aromatic carbocycles. The number of hydrogen-bond donors (Lipinski definition) is 2. The van der Waals surface area contributed by atoms with E-state index in [1.165, 1.54) is 29.4 Å². The van der Waals surface area contributed by atoms with Gasteiger partial charge in [-0.25, -0.2) is 0 Å². The molecule has 2 N–H and O–H groups in total.